The summed E-state index contributed by atoms with van der Waals surface area (Å²) in [5, 5.41) is 11.0. The Hall–Kier alpha value is -3.87. The highest BCUT2D eigenvalue weighted by Gasteiger charge is 2.46. The third kappa shape index (κ3) is 3.70. The molecule has 1 fully saturated rings. The topological polar surface area (TPSA) is 80.0 Å². The number of methoxy groups -OCH3 is 1. The van der Waals surface area contributed by atoms with Gasteiger partial charge in [0, 0.05) is 5.56 Å². The molecule has 0 aliphatic carbocycles. The lowest BCUT2D eigenvalue weighted by atomic mass is 9.95. The van der Waals surface area contributed by atoms with Gasteiger partial charge in [0.15, 0.2) is 0 Å². The molecule has 4 rings (SSSR count). The van der Waals surface area contributed by atoms with Crippen molar-refractivity contribution in [3.63, 3.8) is 0 Å². The highest BCUT2D eigenvalue weighted by atomic mass is 19.1. The van der Waals surface area contributed by atoms with E-state index in [0.717, 1.165) is 6.07 Å². The van der Waals surface area contributed by atoms with E-state index < -0.39 is 29.3 Å². The monoisotopic (exact) mass is 421 g/mol. The number of ether oxygens (including phenoxy) is 1. The summed E-state index contributed by atoms with van der Waals surface area (Å²) >= 11 is 0. The molecule has 1 atom stereocenters. The minimum absolute atomic E-state index is 0.0350. The minimum Gasteiger partial charge on any atom is -0.507 e. The molecule has 1 aliphatic rings. The van der Waals surface area contributed by atoms with Crippen LogP contribution in [0.25, 0.3) is 5.76 Å². The number of Topliss-reactive ketones (excluding diaryl/α,β-unsaturated/α-hetero) is 1. The number of ketones is 1. The smallest absolute Gasteiger partial charge is 0.296 e. The molecule has 0 spiro atoms. The Labute approximate surface area is 178 Å². The zero-order valence-corrected chi connectivity index (χ0v) is 17.0. The number of nitrogens with zero attached hydrogens (tertiary/aromatic N) is 1. The van der Waals surface area contributed by atoms with Crippen LogP contribution in [0.2, 0.25) is 0 Å². The van der Waals surface area contributed by atoms with Crippen molar-refractivity contribution in [3.8, 4) is 5.75 Å². The Morgan fingerprint density at radius 2 is 1.90 bits per heavy atom. The molecule has 158 valence electrons. The average molecular weight is 421 g/mol. The van der Waals surface area contributed by atoms with Crippen LogP contribution >= 0.6 is 0 Å². The Morgan fingerprint density at radius 1 is 1.16 bits per heavy atom. The molecule has 0 unspecified atom stereocenters. The number of carbonyl (C=O) groups excluding carboxylic acids is 2. The fourth-order valence-electron chi connectivity index (χ4n) is 3.64. The van der Waals surface area contributed by atoms with Gasteiger partial charge in [0.25, 0.3) is 11.7 Å². The van der Waals surface area contributed by atoms with E-state index in [9.17, 15) is 19.1 Å². The highest BCUT2D eigenvalue weighted by Crippen LogP contribution is 2.40. The summed E-state index contributed by atoms with van der Waals surface area (Å²) in [4.78, 5) is 27.2. The molecule has 0 bridgehead atoms. The predicted octanol–water partition coefficient (Wildman–Crippen LogP) is 4.36. The van der Waals surface area contributed by atoms with E-state index in [1.807, 2.05) is 0 Å². The van der Waals surface area contributed by atoms with E-state index in [4.69, 9.17) is 9.15 Å². The maximum Gasteiger partial charge on any atom is 0.296 e. The first kappa shape index (κ1) is 20.4. The number of aryl methyl sites for hydroxylation is 1. The number of likely N-dealkylation sites (tertiary alicyclic amines) is 1. The van der Waals surface area contributed by atoms with E-state index in [1.54, 1.807) is 43.3 Å². The molecule has 1 aliphatic heterocycles. The van der Waals surface area contributed by atoms with E-state index in [2.05, 4.69) is 0 Å². The van der Waals surface area contributed by atoms with Crippen LogP contribution < -0.4 is 4.74 Å². The van der Waals surface area contributed by atoms with Gasteiger partial charge in [-0.15, -0.1) is 0 Å². The lowest BCUT2D eigenvalue weighted by Gasteiger charge is -2.24. The standard InChI is InChI=1S/C24H20FNO5/c1-14-5-6-16(12-19(14)25)22(27)20-21(15-7-9-17(30-2)10-8-15)26(24(29)23(20)28)13-18-4-3-11-31-18/h3-12,21,27H,13H2,1-2H3/t21-/m0/s1. The quantitative estimate of drug-likeness (QED) is 0.376. The summed E-state index contributed by atoms with van der Waals surface area (Å²) < 4.78 is 24.7. The number of carbonyl (C=O) groups is 2. The van der Waals surface area contributed by atoms with Gasteiger partial charge in [-0.05, 0) is 48.4 Å². The number of rotatable bonds is 5. The molecule has 2 heterocycles. The number of benzene rings is 2. The molecular weight excluding hydrogens is 401 g/mol. The third-order valence-corrected chi connectivity index (χ3v) is 5.32. The summed E-state index contributed by atoms with van der Waals surface area (Å²) in [6.07, 6.45) is 1.48. The number of hydrogen-bond acceptors (Lipinski definition) is 5. The van der Waals surface area contributed by atoms with Gasteiger partial charge in [-0.1, -0.05) is 24.3 Å². The lowest BCUT2D eigenvalue weighted by molar-refractivity contribution is -0.140. The summed E-state index contributed by atoms with van der Waals surface area (Å²) in [5.74, 6) is -1.47. The summed E-state index contributed by atoms with van der Waals surface area (Å²) in [6, 6.07) is 13.5. The molecule has 0 saturated carbocycles. The van der Waals surface area contributed by atoms with Crippen molar-refractivity contribution in [2.24, 2.45) is 0 Å². The number of aliphatic hydroxyl groups is 1. The average Bonchev–Trinajstić information content (AvgIpc) is 3.38. The van der Waals surface area contributed by atoms with Crippen molar-refractivity contribution in [3.05, 3.63) is 94.7 Å². The molecule has 0 radical (unpaired) electrons. The van der Waals surface area contributed by atoms with Gasteiger partial charge in [-0.2, -0.15) is 0 Å². The molecule has 7 heteroatoms. The van der Waals surface area contributed by atoms with E-state index in [-0.39, 0.29) is 17.7 Å². The maximum atomic E-state index is 14.1. The van der Waals surface area contributed by atoms with Crippen LogP contribution in [0.3, 0.4) is 0 Å². The fourth-order valence-corrected chi connectivity index (χ4v) is 3.64. The van der Waals surface area contributed by atoms with Gasteiger partial charge in [0.1, 0.15) is 23.1 Å². The van der Waals surface area contributed by atoms with Gasteiger partial charge < -0.3 is 19.2 Å². The first-order chi connectivity index (χ1) is 14.9. The summed E-state index contributed by atoms with van der Waals surface area (Å²) in [7, 11) is 1.53. The van der Waals surface area contributed by atoms with Crippen molar-refractivity contribution < 1.29 is 28.2 Å². The molecule has 6 nitrogen and oxygen atoms in total. The molecule has 2 aromatic carbocycles. The molecule has 1 saturated heterocycles. The van der Waals surface area contributed by atoms with E-state index in [0.29, 0.717) is 22.6 Å². The van der Waals surface area contributed by atoms with Crippen molar-refractivity contribution in [2.75, 3.05) is 7.11 Å². The van der Waals surface area contributed by atoms with Gasteiger partial charge in [0.05, 0.1) is 31.5 Å². The second kappa shape index (κ2) is 8.10. The van der Waals surface area contributed by atoms with Crippen LogP contribution in [-0.4, -0.2) is 28.8 Å². The van der Waals surface area contributed by atoms with Gasteiger partial charge in [-0.3, -0.25) is 9.59 Å². The Kier molecular flexibility index (Phi) is 5.33. The highest BCUT2D eigenvalue weighted by molar-refractivity contribution is 6.46. The zero-order valence-electron chi connectivity index (χ0n) is 17.0. The number of amides is 1. The van der Waals surface area contributed by atoms with Crippen LogP contribution in [0.1, 0.15) is 28.5 Å². The molecule has 1 aromatic heterocycles. The van der Waals surface area contributed by atoms with Crippen molar-refractivity contribution in [2.45, 2.75) is 19.5 Å². The fraction of sp³-hybridized carbons (Fsp3) is 0.167. The van der Waals surface area contributed by atoms with Gasteiger partial charge >= 0.3 is 0 Å². The minimum atomic E-state index is -0.875. The number of furan rings is 1. The van der Waals surface area contributed by atoms with Crippen LogP contribution in [0, 0.1) is 12.7 Å². The molecular formula is C24H20FNO5. The lowest BCUT2D eigenvalue weighted by Crippen LogP contribution is -2.29. The molecule has 3 aromatic rings. The second-order valence-electron chi connectivity index (χ2n) is 7.24. The van der Waals surface area contributed by atoms with E-state index in [1.165, 1.54) is 30.4 Å². The van der Waals surface area contributed by atoms with Gasteiger partial charge in [-0.25, -0.2) is 4.39 Å². The first-order valence-electron chi connectivity index (χ1n) is 9.62. The Bertz CT molecular complexity index is 1170. The van der Waals surface area contributed by atoms with Crippen molar-refractivity contribution >= 4 is 17.4 Å². The Balaban J connectivity index is 1.86. The number of hydrogen-bond donors (Lipinski definition) is 1. The van der Waals surface area contributed by atoms with Crippen molar-refractivity contribution in [1.29, 1.82) is 0 Å². The molecule has 1 amide bonds. The zero-order chi connectivity index (χ0) is 22.1. The SMILES string of the molecule is COc1ccc([C@H]2C(=C(O)c3ccc(C)c(F)c3)C(=O)C(=O)N2Cc2ccco2)cc1. The normalized spacial score (nSPS) is 17.9. The van der Waals surface area contributed by atoms with Crippen LogP contribution in [0.4, 0.5) is 4.39 Å². The van der Waals surface area contributed by atoms with Gasteiger partial charge in [0.2, 0.25) is 0 Å². The van der Waals surface area contributed by atoms with Crippen molar-refractivity contribution in [1.82, 2.24) is 4.90 Å². The number of halogens is 1. The summed E-state index contributed by atoms with van der Waals surface area (Å²) in [6.45, 7) is 1.63. The van der Waals surface area contributed by atoms with E-state index >= 15 is 0 Å². The predicted molar refractivity (Wildman–Crippen MR) is 111 cm³/mol. The number of aliphatic hydroxyl groups excluding tert-OH is 1. The van der Waals surface area contributed by atoms with Crippen LogP contribution in [0.15, 0.2) is 70.9 Å². The molecule has 31 heavy (non-hydrogen) atoms. The molecule has 1 N–H and O–H groups in total. The second-order valence-corrected chi connectivity index (χ2v) is 7.24. The summed E-state index contributed by atoms with van der Waals surface area (Å²) in [5.41, 5.74) is 1.02. The Morgan fingerprint density at radius 3 is 2.52 bits per heavy atom. The third-order valence-electron chi connectivity index (χ3n) is 5.32. The first-order valence-corrected chi connectivity index (χ1v) is 9.62. The van der Waals surface area contributed by atoms with Crippen LogP contribution in [-0.2, 0) is 16.1 Å². The largest absolute Gasteiger partial charge is 0.507 e. The maximum absolute atomic E-state index is 14.1. The van der Waals surface area contributed by atoms with Crippen LogP contribution in [0.5, 0.6) is 5.75 Å².